The molecule has 0 aliphatic heterocycles. The van der Waals surface area contributed by atoms with Crippen LogP contribution >= 0.6 is 11.3 Å². The smallest absolute Gasteiger partial charge is 0.138 e. The maximum Gasteiger partial charge on any atom is 0.138 e. The molecule has 0 aliphatic rings. The van der Waals surface area contributed by atoms with Gasteiger partial charge in [0.15, 0.2) is 0 Å². The molecule has 0 atom stereocenters. The predicted molar refractivity (Wildman–Crippen MR) is 81.5 cm³/mol. The molecule has 2 aromatic heterocycles. The van der Waals surface area contributed by atoms with Crippen LogP contribution < -0.4 is 11.1 Å². The van der Waals surface area contributed by atoms with Crippen molar-refractivity contribution in [2.24, 2.45) is 0 Å². The van der Waals surface area contributed by atoms with Gasteiger partial charge in [-0.2, -0.15) is 11.3 Å². The fourth-order valence-corrected chi connectivity index (χ4v) is 2.29. The minimum Gasteiger partial charge on any atom is -0.383 e. The van der Waals surface area contributed by atoms with Crippen LogP contribution in [0.4, 0.5) is 11.6 Å². The maximum atomic E-state index is 5.98. The Balaban J connectivity index is 2.26. The van der Waals surface area contributed by atoms with Crippen LogP contribution in [0, 0.1) is 6.92 Å². The van der Waals surface area contributed by atoms with Gasteiger partial charge in [0.05, 0.1) is 0 Å². The van der Waals surface area contributed by atoms with Gasteiger partial charge in [0, 0.05) is 17.5 Å². The summed E-state index contributed by atoms with van der Waals surface area (Å²) in [5.74, 6) is 2.14. The van der Waals surface area contributed by atoms with Gasteiger partial charge in [0.1, 0.15) is 17.5 Å². The third kappa shape index (κ3) is 3.23. The van der Waals surface area contributed by atoms with Crippen molar-refractivity contribution in [3.05, 3.63) is 33.8 Å². The zero-order chi connectivity index (χ0) is 14.0. The second kappa shape index (κ2) is 5.17. The zero-order valence-corrected chi connectivity index (χ0v) is 12.6. The Morgan fingerprint density at radius 1 is 1.32 bits per heavy atom. The highest BCUT2D eigenvalue weighted by atomic mass is 32.1. The molecule has 0 saturated heterocycles. The average Bonchev–Trinajstić information content (AvgIpc) is 2.82. The van der Waals surface area contributed by atoms with Crippen LogP contribution in [0.1, 0.15) is 37.7 Å². The van der Waals surface area contributed by atoms with Gasteiger partial charge in [-0.3, -0.25) is 0 Å². The molecule has 0 amide bonds. The van der Waals surface area contributed by atoms with E-state index in [0.717, 1.165) is 23.8 Å². The number of thiophene rings is 1. The third-order valence-electron chi connectivity index (χ3n) is 2.89. The molecular formula is C14H20N4S. The first kappa shape index (κ1) is 13.8. The maximum absolute atomic E-state index is 5.98. The number of aromatic nitrogens is 2. The van der Waals surface area contributed by atoms with E-state index < -0.39 is 0 Å². The largest absolute Gasteiger partial charge is 0.383 e. The number of anilines is 2. The molecule has 0 spiro atoms. The number of hydrogen-bond acceptors (Lipinski definition) is 5. The lowest BCUT2D eigenvalue weighted by Crippen LogP contribution is -2.19. The highest BCUT2D eigenvalue weighted by Crippen LogP contribution is 2.25. The quantitative estimate of drug-likeness (QED) is 0.902. The summed E-state index contributed by atoms with van der Waals surface area (Å²) >= 11 is 1.69. The number of nitrogens with two attached hydrogens (primary N) is 1. The van der Waals surface area contributed by atoms with Crippen LogP contribution in [0.2, 0.25) is 0 Å². The molecule has 102 valence electrons. The molecule has 0 aromatic carbocycles. The summed E-state index contributed by atoms with van der Waals surface area (Å²) in [5.41, 5.74) is 8.02. The van der Waals surface area contributed by atoms with E-state index in [-0.39, 0.29) is 5.41 Å². The van der Waals surface area contributed by atoms with Crippen molar-refractivity contribution in [1.82, 2.24) is 9.97 Å². The number of hydrogen-bond donors (Lipinski definition) is 2. The first-order valence-corrected chi connectivity index (χ1v) is 7.22. The first-order chi connectivity index (χ1) is 8.88. The third-order valence-corrected chi connectivity index (χ3v) is 3.63. The van der Waals surface area contributed by atoms with Crippen molar-refractivity contribution in [3.8, 4) is 0 Å². The van der Waals surface area contributed by atoms with Crippen molar-refractivity contribution < 1.29 is 0 Å². The van der Waals surface area contributed by atoms with E-state index in [1.165, 1.54) is 5.56 Å². The summed E-state index contributed by atoms with van der Waals surface area (Å²) in [7, 11) is 0. The number of nitrogen functional groups attached to an aromatic ring is 1. The summed E-state index contributed by atoms with van der Waals surface area (Å²) in [6.45, 7) is 8.95. The molecule has 0 saturated carbocycles. The van der Waals surface area contributed by atoms with Crippen LogP contribution in [0.25, 0.3) is 0 Å². The molecule has 0 bridgehead atoms. The highest BCUT2D eigenvalue weighted by Gasteiger charge is 2.20. The summed E-state index contributed by atoms with van der Waals surface area (Å²) in [6.07, 6.45) is 0. The molecule has 2 rings (SSSR count). The van der Waals surface area contributed by atoms with Gasteiger partial charge >= 0.3 is 0 Å². The Hall–Kier alpha value is -1.62. The van der Waals surface area contributed by atoms with Crippen molar-refractivity contribution in [1.29, 1.82) is 0 Å². The average molecular weight is 276 g/mol. The molecule has 3 N–H and O–H groups in total. The van der Waals surface area contributed by atoms with E-state index in [9.17, 15) is 0 Å². The van der Waals surface area contributed by atoms with Crippen molar-refractivity contribution in [3.63, 3.8) is 0 Å². The van der Waals surface area contributed by atoms with Crippen LogP contribution in [0.3, 0.4) is 0 Å². The Morgan fingerprint density at radius 3 is 2.63 bits per heavy atom. The fraction of sp³-hybridized carbons (Fsp3) is 0.429. The molecule has 0 radical (unpaired) electrons. The standard InChI is InChI=1S/C14H20N4S/c1-9-11(15)17-13(14(2,3)4)18-12(9)16-7-10-5-6-19-8-10/h5-6,8H,7H2,1-4H3,(H3,15,16,17,18). The Morgan fingerprint density at radius 2 is 2.05 bits per heavy atom. The zero-order valence-electron chi connectivity index (χ0n) is 11.8. The van der Waals surface area contributed by atoms with Gasteiger partial charge in [0.2, 0.25) is 0 Å². The van der Waals surface area contributed by atoms with Crippen molar-refractivity contribution in [2.75, 3.05) is 11.1 Å². The number of nitrogens with one attached hydrogen (secondary N) is 1. The van der Waals surface area contributed by atoms with Gasteiger partial charge in [-0.1, -0.05) is 20.8 Å². The van der Waals surface area contributed by atoms with Crippen molar-refractivity contribution >= 4 is 23.0 Å². The monoisotopic (exact) mass is 276 g/mol. The molecule has 0 aliphatic carbocycles. The van der Waals surface area contributed by atoms with Gasteiger partial charge < -0.3 is 11.1 Å². The second-order valence-electron chi connectivity index (χ2n) is 5.64. The van der Waals surface area contributed by atoms with E-state index in [0.29, 0.717) is 5.82 Å². The molecule has 5 heteroatoms. The molecule has 0 fully saturated rings. The fourth-order valence-electron chi connectivity index (χ4n) is 1.62. The normalized spacial score (nSPS) is 11.6. The van der Waals surface area contributed by atoms with E-state index in [1.807, 2.05) is 6.92 Å². The van der Waals surface area contributed by atoms with Gasteiger partial charge in [-0.25, -0.2) is 9.97 Å². The Bertz CT molecular complexity index is 556. The van der Waals surface area contributed by atoms with Crippen LogP contribution in [0.5, 0.6) is 0 Å². The van der Waals surface area contributed by atoms with E-state index in [1.54, 1.807) is 11.3 Å². The summed E-state index contributed by atoms with van der Waals surface area (Å²) in [5, 5.41) is 7.54. The van der Waals surface area contributed by atoms with E-state index in [4.69, 9.17) is 5.73 Å². The van der Waals surface area contributed by atoms with Gasteiger partial charge in [-0.15, -0.1) is 0 Å². The molecule has 4 nitrogen and oxygen atoms in total. The molecule has 0 unspecified atom stereocenters. The van der Waals surface area contributed by atoms with Crippen LogP contribution in [-0.4, -0.2) is 9.97 Å². The predicted octanol–water partition coefficient (Wildman–Crippen LogP) is 3.34. The number of nitrogens with zero attached hydrogens (tertiary/aromatic N) is 2. The van der Waals surface area contributed by atoms with Crippen LogP contribution in [-0.2, 0) is 12.0 Å². The molecule has 2 heterocycles. The summed E-state index contributed by atoms with van der Waals surface area (Å²) in [6, 6.07) is 2.10. The molecule has 2 aromatic rings. The SMILES string of the molecule is Cc1c(N)nc(C(C)(C)C)nc1NCc1ccsc1. The lowest BCUT2D eigenvalue weighted by Gasteiger charge is -2.19. The number of rotatable bonds is 3. The van der Waals surface area contributed by atoms with Crippen molar-refractivity contribution in [2.45, 2.75) is 39.7 Å². The summed E-state index contributed by atoms with van der Waals surface area (Å²) in [4.78, 5) is 8.98. The Kier molecular flexibility index (Phi) is 3.75. The molecule has 19 heavy (non-hydrogen) atoms. The van der Waals surface area contributed by atoms with E-state index in [2.05, 4.69) is 52.9 Å². The topological polar surface area (TPSA) is 63.8 Å². The Labute approximate surface area is 118 Å². The minimum absolute atomic E-state index is 0.110. The lowest BCUT2D eigenvalue weighted by molar-refractivity contribution is 0.546. The molecular weight excluding hydrogens is 256 g/mol. The summed E-state index contributed by atoms with van der Waals surface area (Å²) < 4.78 is 0. The van der Waals surface area contributed by atoms with E-state index >= 15 is 0 Å². The second-order valence-corrected chi connectivity index (χ2v) is 6.42. The highest BCUT2D eigenvalue weighted by molar-refractivity contribution is 7.07. The van der Waals surface area contributed by atoms with Crippen LogP contribution in [0.15, 0.2) is 16.8 Å². The first-order valence-electron chi connectivity index (χ1n) is 6.27. The van der Waals surface area contributed by atoms with Gasteiger partial charge in [0.25, 0.3) is 0 Å². The van der Waals surface area contributed by atoms with Gasteiger partial charge in [-0.05, 0) is 29.3 Å². The minimum atomic E-state index is -0.110. The lowest BCUT2D eigenvalue weighted by atomic mass is 9.95.